The van der Waals surface area contributed by atoms with E-state index in [-0.39, 0.29) is 44.7 Å². The van der Waals surface area contributed by atoms with Crippen LogP contribution in [0, 0.1) is 0 Å². The summed E-state index contributed by atoms with van der Waals surface area (Å²) >= 11 is 0.977. The van der Waals surface area contributed by atoms with E-state index in [9.17, 15) is 32.1 Å². The number of thiazole rings is 1. The van der Waals surface area contributed by atoms with Crippen molar-refractivity contribution in [2.45, 2.75) is 18.1 Å². The second-order valence-electron chi connectivity index (χ2n) is 5.59. The zero-order valence-corrected chi connectivity index (χ0v) is 19.6. The van der Waals surface area contributed by atoms with Crippen LogP contribution in [0.3, 0.4) is 0 Å². The minimum Gasteiger partial charge on any atom is -0.731 e. The zero-order valence-electron chi connectivity index (χ0n) is 16.0. The van der Waals surface area contributed by atoms with Crippen molar-refractivity contribution in [2.24, 2.45) is 0 Å². The molecule has 4 N–H and O–H groups in total. The molecular formula is C13H16N5NaO9S2. The van der Waals surface area contributed by atoms with Gasteiger partial charge in [-0.1, -0.05) is 0 Å². The molecule has 1 fully saturated rings. The summed E-state index contributed by atoms with van der Waals surface area (Å²) in [5, 5.41) is 5.90. The Labute approximate surface area is 196 Å². The van der Waals surface area contributed by atoms with Crippen molar-refractivity contribution in [3.05, 3.63) is 11.1 Å². The number of ether oxygens (including phenoxy) is 2. The molecule has 17 heteroatoms. The van der Waals surface area contributed by atoms with Crippen molar-refractivity contribution in [1.29, 1.82) is 0 Å². The molecule has 3 atom stereocenters. The molecule has 1 aliphatic rings. The van der Waals surface area contributed by atoms with Crippen LogP contribution in [0.15, 0.2) is 5.38 Å². The Bertz CT molecular complexity index is 937. The number of hydrogen-bond donors (Lipinski definition) is 3. The largest absolute Gasteiger partial charge is 1.00 e. The van der Waals surface area contributed by atoms with E-state index in [4.69, 9.17) is 5.73 Å². The van der Waals surface area contributed by atoms with Gasteiger partial charge in [0.1, 0.15) is 12.6 Å². The molecule has 0 aromatic carbocycles. The Morgan fingerprint density at radius 2 is 2.03 bits per heavy atom. The Morgan fingerprint density at radius 1 is 1.40 bits per heavy atom. The van der Waals surface area contributed by atoms with Gasteiger partial charge in [-0.15, -0.1) is 11.3 Å². The number of nitrogen functional groups attached to an aromatic ring is 1. The molecular weight excluding hydrogens is 457 g/mol. The molecule has 1 aromatic rings. The van der Waals surface area contributed by atoms with Gasteiger partial charge in [-0.25, -0.2) is 22.5 Å². The number of carbonyl (C=O) groups is 4. The first-order valence-electron chi connectivity index (χ1n) is 7.67. The Balaban J connectivity index is 0.00000450. The van der Waals surface area contributed by atoms with E-state index >= 15 is 0 Å². The second-order valence-corrected chi connectivity index (χ2v) is 7.73. The zero-order chi connectivity index (χ0) is 21.9. The average Bonchev–Trinajstić information content (AvgIpc) is 3.06. The third kappa shape index (κ3) is 5.65. The first-order chi connectivity index (χ1) is 13.5. The van der Waals surface area contributed by atoms with Gasteiger partial charge in [0.05, 0.1) is 12.8 Å². The molecule has 1 aromatic heterocycles. The van der Waals surface area contributed by atoms with Crippen LogP contribution < -0.4 is 45.9 Å². The van der Waals surface area contributed by atoms with Gasteiger partial charge >= 0.3 is 35.5 Å². The first-order valence-corrected chi connectivity index (χ1v) is 9.92. The molecule has 14 nitrogen and oxygen atoms in total. The van der Waals surface area contributed by atoms with Crippen LogP contribution in [-0.4, -0.2) is 78.9 Å². The van der Waals surface area contributed by atoms with Gasteiger partial charge in [0.25, 0.3) is 5.91 Å². The molecule has 2 heterocycles. The second kappa shape index (κ2) is 10.5. The van der Waals surface area contributed by atoms with Crippen molar-refractivity contribution in [1.82, 2.24) is 19.9 Å². The van der Waals surface area contributed by atoms with Crippen LogP contribution in [0.2, 0.25) is 0 Å². The van der Waals surface area contributed by atoms with E-state index in [0.29, 0.717) is 0 Å². The number of methoxy groups -OCH3 is 2. The van der Waals surface area contributed by atoms with Gasteiger partial charge in [-0.05, 0) is 0 Å². The molecule has 0 saturated carbocycles. The number of anilines is 1. The van der Waals surface area contributed by atoms with Crippen LogP contribution >= 0.6 is 11.3 Å². The standard InChI is InChI=1S/C13H17N5O9S2.Na/c1-26-3-6(19)16-7(5-4-28-13(14)15-5)10(20)17-8-9(12(22)27-2)18(11(8)21)29(23,24)25;/h4,7-9H,3H2,1-2H3,(H2,14,15)(H,16,19)(H,17,20)(H,23,24,25);/q;+1/p-1/t7?,8-,9-;/m1./s1. The van der Waals surface area contributed by atoms with Gasteiger partial charge in [0, 0.05) is 12.5 Å². The maximum absolute atomic E-state index is 12.7. The number of rotatable bonds is 8. The van der Waals surface area contributed by atoms with Crippen LogP contribution in [0.5, 0.6) is 0 Å². The fraction of sp³-hybridized carbons (Fsp3) is 0.462. The summed E-state index contributed by atoms with van der Waals surface area (Å²) in [5.41, 5.74) is 5.56. The van der Waals surface area contributed by atoms with E-state index in [0.717, 1.165) is 18.4 Å². The van der Waals surface area contributed by atoms with Crippen molar-refractivity contribution < 1.29 is 71.2 Å². The minimum atomic E-state index is -5.32. The van der Waals surface area contributed by atoms with Gasteiger partial charge in [-0.2, -0.15) is 0 Å². The molecule has 30 heavy (non-hydrogen) atoms. The third-order valence-corrected chi connectivity index (χ3v) is 5.29. The maximum atomic E-state index is 12.7. The molecule has 2 rings (SSSR count). The minimum absolute atomic E-state index is 0. The SMILES string of the molecule is COCC(=O)NC(C(=O)N[C@H]1C(=O)N(S(=O)(=O)[O-])[C@H]1C(=O)OC)c1csc(N)n1.[Na+]. The van der Waals surface area contributed by atoms with Crippen LogP contribution in [0.25, 0.3) is 0 Å². The van der Waals surface area contributed by atoms with Gasteiger partial charge in [0.2, 0.25) is 11.8 Å². The number of esters is 1. The van der Waals surface area contributed by atoms with Gasteiger partial charge in [-0.3, -0.25) is 14.4 Å². The Morgan fingerprint density at radius 3 is 2.50 bits per heavy atom. The van der Waals surface area contributed by atoms with Gasteiger partial charge in [0.15, 0.2) is 27.5 Å². The van der Waals surface area contributed by atoms with Gasteiger partial charge < -0.3 is 30.4 Å². The number of carbonyl (C=O) groups excluding carboxylic acids is 4. The molecule has 160 valence electrons. The van der Waals surface area contributed by atoms with E-state index in [1.807, 2.05) is 0 Å². The molecule has 0 radical (unpaired) electrons. The Hall–Kier alpha value is -1.82. The number of amides is 3. The normalized spacial score (nSPS) is 19.2. The summed E-state index contributed by atoms with van der Waals surface area (Å²) in [4.78, 5) is 52.2. The molecule has 0 spiro atoms. The van der Waals surface area contributed by atoms with E-state index < -0.39 is 58.7 Å². The first kappa shape index (κ1) is 26.2. The number of aromatic nitrogens is 1. The predicted octanol–water partition coefficient (Wildman–Crippen LogP) is -6.14. The summed E-state index contributed by atoms with van der Waals surface area (Å²) in [6.07, 6.45) is 0. The van der Waals surface area contributed by atoms with Crippen molar-refractivity contribution in [3.8, 4) is 0 Å². The summed E-state index contributed by atoms with van der Waals surface area (Å²) in [6, 6.07) is -5.01. The quantitative estimate of drug-likeness (QED) is 0.140. The fourth-order valence-electron chi connectivity index (χ4n) is 2.48. The molecule has 1 aliphatic heterocycles. The predicted molar refractivity (Wildman–Crippen MR) is 93.6 cm³/mol. The Kier molecular flexibility index (Phi) is 9.15. The molecule has 3 amide bonds. The number of β-lactam (4-membered cyclic amide) rings is 1. The van der Waals surface area contributed by atoms with Crippen LogP contribution in [0.4, 0.5) is 5.13 Å². The number of nitrogens with two attached hydrogens (primary N) is 1. The molecule has 0 aliphatic carbocycles. The number of nitrogens with one attached hydrogen (secondary N) is 2. The van der Waals surface area contributed by atoms with Crippen molar-refractivity contribution in [2.75, 3.05) is 26.6 Å². The average molecular weight is 473 g/mol. The summed E-state index contributed by atoms with van der Waals surface area (Å²) in [7, 11) is -3.16. The number of hydrogen-bond acceptors (Lipinski definition) is 12. The fourth-order valence-corrected chi connectivity index (χ4v) is 3.89. The molecule has 1 saturated heterocycles. The third-order valence-electron chi connectivity index (χ3n) is 3.71. The topological polar surface area (TPSA) is 210 Å². The van der Waals surface area contributed by atoms with Crippen LogP contribution in [0.1, 0.15) is 11.7 Å². The van der Waals surface area contributed by atoms with Crippen molar-refractivity contribution in [3.63, 3.8) is 0 Å². The summed E-state index contributed by atoms with van der Waals surface area (Å²) < 4.78 is 42.4. The smallest absolute Gasteiger partial charge is 0.731 e. The summed E-state index contributed by atoms with van der Waals surface area (Å²) in [6.45, 7) is -0.390. The van der Waals surface area contributed by atoms with Crippen LogP contribution in [-0.2, 0) is 39.0 Å². The van der Waals surface area contributed by atoms with E-state index in [1.165, 1.54) is 12.5 Å². The van der Waals surface area contributed by atoms with E-state index in [2.05, 4.69) is 25.1 Å². The van der Waals surface area contributed by atoms with E-state index in [1.54, 1.807) is 0 Å². The van der Waals surface area contributed by atoms with Crippen molar-refractivity contribution >= 4 is 50.5 Å². The maximum Gasteiger partial charge on any atom is 1.00 e. The molecule has 1 unspecified atom stereocenters. The monoisotopic (exact) mass is 473 g/mol. The summed E-state index contributed by atoms with van der Waals surface area (Å²) in [5.74, 6) is -4.27. The number of nitrogens with zero attached hydrogens (tertiary/aromatic N) is 2. The molecule has 0 bridgehead atoms.